The van der Waals surface area contributed by atoms with Crippen LogP contribution in [0.5, 0.6) is 5.75 Å². The highest BCUT2D eigenvalue weighted by atomic mass is 19.1. The Balaban J connectivity index is 2.79. The van der Waals surface area contributed by atoms with Gasteiger partial charge in [-0.1, -0.05) is 18.1 Å². The van der Waals surface area contributed by atoms with Crippen molar-refractivity contribution in [3.8, 4) is 5.75 Å². The van der Waals surface area contributed by atoms with Gasteiger partial charge >= 0.3 is 0 Å². The lowest BCUT2D eigenvalue weighted by Crippen LogP contribution is -2.02. The molecule has 0 heterocycles. The Labute approximate surface area is 94.9 Å². The number of ether oxygens (including phenoxy) is 1. The second-order valence-corrected chi connectivity index (χ2v) is 3.41. The molecular weight excluding hydrogens is 209 g/mol. The van der Waals surface area contributed by atoms with E-state index in [1.165, 1.54) is 19.4 Å². The summed E-state index contributed by atoms with van der Waals surface area (Å²) in [5, 5.41) is 3.74. The van der Waals surface area contributed by atoms with E-state index in [1.807, 2.05) is 13.8 Å². The lowest BCUT2D eigenvalue weighted by molar-refractivity contribution is 0.0711. The van der Waals surface area contributed by atoms with E-state index in [0.29, 0.717) is 11.3 Å². The molecule has 0 N–H and O–H groups in total. The van der Waals surface area contributed by atoms with Crippen molar-refractivity contribution in [3.63, 3.8) is 0 Å². The van der Waals surface area contributed by atoms with Crippen LogP contribution in [0.4, 0.5) is 4.39 Å². The lowest BCUT2D eigenvalue weighted by Gasteiger charge is -2.07. The van der Waals surface area contributed by atoms with Crippen LogP contribution in [0.25, 0.3) is 0 Å². The topological polar surface area (TPSA) is 30.8 Å². The number of oxime groups is 1. The Hall–Kier alpha value is -1.58. The third-order valence-corrected chi connectivity index (χ3v) is 2.23. The maximum atomic E-state index is 13.4. The van der Waals surface area contributed by atoms with Crippen LogP contribution in [0.2, 0.25) is 0 Å². The van der Waals surface area contributed by atoms with Crippen molar-refractivity contribution < 1.29 is 14.0 Å². The Bertz CT molecular complexity index is 366. The number of methoxy groups -OCH3 is 1. The van der Waals surface area contributed by atoms with Crippen LogP contribution in [0, 0.1) is 5.82 Å². The van der Waals surface area contributed by atoms with Gasteiger partial charge in [-0.15, -0.1) is 0 Å². The molecule has 0 aliphatic heterocycles. The average Bonchev–Trinajstić information content (AvgIpc) is 2.30. The molecule has 1 atom stereocenters. The zero-order chi connectivity index (χ0) is 12.0. The molecule has 3 nitrogen and oxygen atoms in total. The van der Waals surface area contributed by atoms with Crippen LogP contribution in [-0.4, -0.2) is 19.4 Å². The molecule has 1 aromatic rings. The van der Waals surface area contributed by atoms with Gasteiger partial charge in [-0.05, 0) is 25.5 Å². The quantitative estimate of drug-likeness (QED) is 0.569. The number of nitrogens with zero attached hydrogens (tertiary/aromatic N) is 1. The number of benzene rings is 1. The van der Waals surface area contributed by atoms with Crippen molar-refractivity contribution in [2.75, 3.05) is 7.11 Å². The molecule has 0 spiro atoms. The van der Waals surface area contributed by atoms with Gasteiger partial charge < -0.3 is 9.57 Å². The molecule has 0 amide bonds. The average molecular weight is 225 g/mol. The summed E-state index contributed by atoms with van der Waals surface area (Å²) >= 11 is 0. The molecule has 0 fully saturated rings. The van der Waals surface area contributed by atoms with Crippen LogP contribution in [0.15, 0.2) is 23.4 Å². The summed E-state index contributed by atoms with van der Waals surface area (Å²) < 4.78 is 18.4. The van der Waals surface area contributed by atoms with E-state index in [0.717, 1.165) is 6.42 Å². The van der Waals surface area contributed by atoms with Crippen LogP contribution < -0.4 is 4.74 Å². The minimum Gasteiger partial charge on any atom is -0.496 e. The highest BCUT2D eigenvalue weighted by Gasteiger charge is 2.06. The normalized spacial score (nSPS) is 12.8. The Morgan fingerprint density at radius 2 is 2.25 bits per heavy atom. The molecule has 0 aromatic heterocycles. The summed E-state index contributed by atoms with van der Waals surface area (Å²) in [5.41, 5.74) is 0.299. The fraction of sp³-hybridized carbons (Fsp3) is 0.417. The molecule has 0 radical (unpaired) electrons. The van der Waals surface area contributed by atoms with Gasteiger partial charge in [0.2, 0.25) is 0 Å². The number of hydrogen-bond acceptors (Lipinski definition) is 3. The number of halogens is 1. The highest BCUT2D eigenvalue weighted by Crippen LogP contribution is 2.18. The summed E-state index contributed by atoms with van der Waals surface area (Å²) in [5.74, 6) is 0.0624. The summed E-state index contributed by atoms with van der Waals surface area (Å²) in [6, 6.07) is 4.61. The van der Waals surface area contributed by atoms with E-state index < -0.39 is 0 Å². The Morgan fingerprint density at radius 3 is 2.88 bits per heavy atom. The molecule has 1 unspecified atom stereocenters. The van der Waals surface area contributed by atoms with Gasteiger partial charge in [-0.3, -0.25) is 0 Å². The number of hydrogen-bond donors (Lipinski definition) is 0. The summed E-state index contributed by atoms with van der Waals surface area (Å²) in [4.78, 5) is 5.10. The Morgan fingerprint density at radius 1 is 1.50 bits per heavy atom. The molecule has 1 aromatic carbocycles. The van der Waals surface area contributed by atoms with Gasteiger partial charge in [0.1, 0.15) is 17.7 Å². The fourth-order valence-corrected chi connectivity index (χ4v) is 1.08. The first-order valence-corrected chi connectivity index (χ1v) is 5.20. The van der Waals surface area contributed by atoms with E-state index in [9.17, 15) is 4.39 Å². The fourth-order valence-electron chi connectivity index (χ4n) is 1.08. The predicted octanol–water partition coefficient (Wildman–Crippen LogP) is 2.98. The zero-order valence-corrected chi connectivity index (χ0v) is 9.74. The monoisotopic (exact) mass is 225 g/mol. The summed E-state index contributed by atoms with van der Waals surface area (Å²) in [7, 11) is 1.49. The second-order valence-electron chi connectivity index (χ2n) is 3.41. The van der Waals surface area contributed by atoms with Gasteiger partial charge in [0.05, 0.1) is 18.9 Å². The third-order valence-electron chi connectivity index (χ3n) is 2.23. The molecule has 0 bridgehead atoms. The maximum Gasteiger partial charge on any atom is 0.135 e. The third kappa shape index (κ3) is 3.22. The molecular formula is C12H16FNO2. The van der Waals surface area contributed by atoms with Crippen LogP contribution in [0.3, 0.4) is 0 Å². The van der Waals surface area contributed by atoms with Crippen molar-refractivity contribution in [1.29, 1.82) is 0 Å². The molecule has 0 aliphatic carbocycles. The zero-order valence-electron chi connectivity index (χ0n) is 9.74. The summed E-state index contributed by atoms with van der Waals surface area (Å²) in [6.45, 7) is 3.89. The molecule has 16 heavy (non-hydrogen) atoms. The second kappa shape index (κ2) is 6.10. The molecule has 4 heteroatoms. The molecule has 0 saturated carbocycles. The van der Waals surface area contributed by atoms with Gasteiger partial charge in [0.15, 0.2) is 0 Å². The number of rotatable bonds is 5. The maximum absolute atomic E-state index is 13.4. The van der Waals surface area contributed by atoms with E-state index in [-0.39, 0.29) is 11.9 Å². The van der Waals surface area contributed by atoms with E-state index >= 15 is 0 Å². The van der Waals surface area contributed by atoms with E-state index in [1.54, 1.807) is 12.1 Å². The largest absolute Gasteiger partial charge is 0.496 e. The predicted molar refractivity (Wildman–Crippen MR) is 61.4 cm³/mol. The van der Waals surface area contributed by atoms with E-state index in [2.05, 4.69) is 5.16 Å². The molecule has 0 saturated heterocycles. The van der Waals surface area contributed by atoms with Crippen molar-refractivity contribution in [1.82, 2.24) is 0 Å². The van der Waals surface area contributed by atoms with Crippen molar-refractivity contribution in [3.05, 3.63) is 29.6 Å². The van der Waals surface area contributed by atoms with Gasteiger partial charge in [0, 0.05) is 0 Å². The minimum absolute atomic E-state index is 0.0222. The Kier molecular flexibility index (Phi) is 4.76. The first-order valence-electron chi connectivity index (χ1n) is 5.20. The van der Waals surface area contributed by atoms with Crippen molar-refractivity contribution in [2.24, 2.45) is 5.16 Å². The van der Waals surface area contributed by atoms with Crippen molar-refractivity contribution >= 4 is 6.21 Å². The summed E-state index contributed by atoms with van der Waals surface area (Å²) in [6.07, 6.45) is 2.21. The molecule has 1 rings (SSSR count). The van der Waals surface area contributed by atoms with Crippen LogP contribution >= 0.6 is 0 Å². The standard InChI is InChI=1S/C12H16FNO2/c1-4-9(2)16-14-8-10-11(13)6-5-7-12(10)15-3/h5-9H,4H2,1-3H3/b14-8+. The van der Waals surface area contributed by atoms with Crippen LogP contribution in [-0.2, 0) is 4.84 Å². The minimum atomic E-state index is -0.379. The van der Waals surface area contributed by atoms with Crippen LogP contribution in [0.1, 0.15) is 25.8 Å². The van der Waals surface area contributed by atoms with Gasteiger partial charge in [0.25, 0.3) is 0 Å². The smallest absolute Gasteiger partial charge is 0.135 e. The van der Waals surface area contributed by atoms with Gasteiger partial charge in [-0.25, -0.2) is 4.39 Å². The molecule has 88 valence electrons. The highest BCUT2D eigenvalue weighted by molar-refractivity contribution is 5.83. The van der Waals surface area contributed by atoms with Gasteiger partial charge in [-0.2, -0.15) is 0 Å². The van der Waals surface area contributed by atoms with Crippen molar-refractivity contribution in [2.45, 2.75) is 26.4 Å². The SMILES string of the molecule is CCC(C)O/N=C/c1c(F)cccc1OC. The lowest BCUT2D eigenvalue weighted by atomic mass is 10.2. The molecule has 0 aliphatic rings. The first-order chi connectivity index (χ1) is 7.69. The van der Waals surface area contributed by atoms with E-state index in [4.69, 9.17) is 9.57 Å². The first kappa shape index (κ1) is 12.5.